The number of anilines is 1. The zero-order chi connectivity index (χ0) is 18.9. The number of carbonyl (C=O) groups is 2. The minimum Gasteiger partial charge on any atom is -0.493 e. The van der Waals surface area contributed by atoms with E-state index in [1.54, 1.807) is 24.3 Å². The average molecular weight is 359 g/mol. The van der Waals surface area contributed by atoms with Crippen molar-refractivity contribution in [2.75, 3.05) is 19.5 Å². The number of benzene rings is 2. The van der Waals surface area contributed by atoms with Crippen LogP contribution in [-0.2, 0) is 9.59 Å². The van der Waals surface area contributed by atoms with Crippen LogP contribution in [0.15, 0.2) is 47.6 Å². The predicted octanol–water partition coefficient (Wildman–Crippen LogP) is 2.32. The Morgan fingerprint density at radius 1 is 1.08 bits per heavy atom. The van der Waals surface area contributed by atoms with Gasteiger partial charge < -0.3 is 14.8 Å². The molecule has 0 heterocycles. The SMILES string of the molecule is COc1cccc(C=NNC(=O)CC(=O)Nc2ccccc2F)c1OC. The largest absolute Gasteiger partial charge is 0.493 e. The van der Waals surface area contributed by atoms with Gasteiger partial charge in [-0.05, 0) is 24.3 Å². The summed E-state index contributed by atoms with van der Waals surface area (Å²) in [7, 11) is 3.00. The number of amides is 2. The lowest BCUT2D eigenvalue weighted by atomic mass is 10.2. The van der Waals surface area contributed by atoms with E-state index in [0.29, 0.717) is 17.1 Å². The van der Waals surface area contributed by atoms with E-state index in [1.807, 2.05) is 0 Å². The number of carbonyl (C=O) groups excluding carboxylic acids is 2. The summed E-state index contributed by atoms with van der Waals surface area (Å²) in [5.74, 6) is -0.888. The Hall–Kier alpha value is -3.42. The zero-order valence-electron chi connectivity index (χ0n) is 14.3. The zero-order valence-corrected chi connectivity index (χ0v) is 14.3. The Morgan fingerprint density at radius 2 is 1.85 bits per heavy atom. The van der Waals surface area contributed by atoms with E-state index in [2.05, 4.69) is 15.8 Å². The fraction of sp³-hybridized carbons (Fsp3) is 0.167. The van der Waals surface area contributed by atoms with Gasteiger partial charge in [0.1, 0.15) is 12.2 Å². The second-order valence-corrected chi connectivity index (χ2v) is 5.08. The number of nitrogens with zero attached hydrogens (tertiary/aromatic N) is 1. The number of ether oxygens (including phenoxy) is 2. The van der Waals surface area contributed by atoms with Gasteiger partial charge in [-0.15, -0.1) is 0 Å². The normalized spacial score (nSPS) is 10.4. The standard InChI is InChI=1S/C18H18FN3O4/c1-25-15-9-5-6-12(18(15)26-2)11-20-22-17(24)10-16(23)21-14-8-4-3-7-13(14)19/h3-9,11H,10H2,1-2H3,(H,21,23)(H,22,24). The predicted molar refractivity (Wildman–Crippen MR) is 94.9 cm³/mol. The Kier molecular flexibility index (Phi) is 6.67. The van der Waals surface area contributed by atoms with Crippen LogP contribution < -0.4 is 20.2 Å². The molecule has 8 heteroatoms. The highest BCUT2D eigenvalue weighted by atomic mass is 19.1. The summed E-state index contributed by atoms with van der Waals surface area (Å²) in [6.07, 6.45) is 0.870. The lowest BCUT2D eigenvalue weighted by Gasteiger charge is -2.09. The van der Waals surface area contributed by atoms with Crippen molar-refractivity contribution in [1.82, 2.24) is 5.43 Å². The number of hydrazone groups is 1. The smallest absolute Gasteiger partial charge is 0.249 e. The quantitative estimate of drug-likeness (QED) is 0.451. The summed E-state index contributed by atoms with van der Waals surface area (Å²) >= 11 is 0. The Morgan fingerprint density at radius 3 is 2.54 bits per heavy atom. The van der Waals surface area contributed by atoms with E-state index in [1.165, 1.54) is 38.6 Å². The fourth-order valence-electron chi connectivity index (χ4n) is 2.13. The molecule has 0 radical (unpaired) electrons. The number of para-hydroxylation sites is 2. The van der Waals surface area contributed by atoms with Crippen molar-refractivity contribution in [2.24, 2.45) is 5.10 Å². The van der Waals surface area contributed by atoms with Gasteiger partial charge in [-0.25, -0.2) is 9.82 Å². The van der Waals surface area contributed by atoms with Crippen LogP contribution in [0.3, 0.4) is 0 Å². The Balaban J connectivity index is 1.91. The number of nitrogens with one attached hydrogen (secondary N) is 2. The van der Waals surface area contributed by atoms with Crippen molar-refractivity contribution in [3.8, 4) is 11.5 Å². The molecule has 7 nitrogen and oxygen atoms in total. The molecule has 0 bridgehead atoms. The molecular formula is C18H18FN3O4. The lowest BCUT2D eigenvalue weighted by Crippen LogP contribution is -2.25. The minimum absolute atomic E-state index is 0.00918. The third-order valence-corrected chi connectivity index (χ3v) is 3.30. The highest BCUT2D eigenvalue weighted by molar-refractivity contribution is 6.03. The molecule has 0 aromatic heterocycles. The molecule has 2 rings (SSSR count). The van der Waals surface area contributed by atoms with Crippen LogP contribution in [0.1, 0.15) is 12.0 Å². The van der Waals surface area contributed by atoms with E-state index < -0.39 is 24.1 Å². The Bertz CT molecular complexity index is 824. The number of halogens is 1. The molecule has 0 aliphatic rings. The summed E-state index contributed by atoms with van der Waals surface area (Å²) in [6.45, 7) is 0. The molecule has 0 aliphatic heterocycles. The van der Waals surface area contributed by atoms with Gasteiger partial charge in [-0.2, -0.15) is 5.10 Å². The van der Waals surface area contributed by atoms with Gasteiger partial charge in [-0.1, -0.05) is 18.2 Å². The van der Waals surface area contributed by atoms with E-state index in [0.717, 1.165) is 0 Å². The van der Waals surface area contributed by atoms with Gasteiger partial charge in [0.05, 0.1) is 26.1 Å². The summed E-state index contributed by atoms with van der Waals surface area (Å²) in [6, 6.07) is 10.9. The van der Waals surface area contributed by atoms with Crippen LogP contribution in [0, 0.1) is 5.82 Å². The van der Waals surface area contributed by atoms with Gasteiger partial charge >= 0.3 is 0 Å². The van der Waals surface area contributed by atoms with Crippen molar-refractivity contribution in [3.05, 3.63) is 53.8 Å². The van der Waals surface area contributed by atoms with E-state index in [9.17, 15) is 14.0 Å². The van der Waals surface area contributed by atoms with Gasteiger partial charge in [0.25, 0.3) is 0 Å². The number of rotatable bonds is 7. The van der Waals surface area contributed by atoms with Crippen LogP contribution in [-0.4, -0.2) is 32.2 Å². The van der Waals surface area contributed by atoms with E-state index in [4.69, 9.17) is 9.47 Å². The molecule has 0 unspecified atom stereocenters. The molecule has 0 spiro atoms. The van der Waals surface area contributed by atoms with Crippen molar-refractivity contribution in [1.29, 1.82) is 0 Å². The first kappa shape index (κ1) is 18.9. The van der Waals surface area contributed by atoms with Crippen LogP contribution in [0.2, 0.25) is 0 Å². The molecule has 26 heavy (non-hydrogen) atoms. The topological polar surface area (TPSA) is 89.0 Å². The maximum absolute atomic E-state index is 13.5. The highest BCUT2D eigenvalue weighted by Gasteiger charge is 2.11. The van der Waals surface area contributed by atoms with Crippen molar-refractivity contribution >= 4 is 23.7 Å². The van der Waals surface area contributed by atoms with E-state index >= 15 is 0 Å². The second kappa shape index (κ2) is 9.16. The molecular weight excluding hydrogens is 341 g/mol. The summed E-state index contributed by atoms with van der Waals surface area (Å²) in [5, 5.41) is 6.11. The van der Waals surface area contributed by atoms with Crippen molar-refractivity contribution in [2.45, 2.75) is 6.42 Å². The molecule has 0 saturated heterocycles. The second-order valence-electron chi connectivity index (χ2n) is 5.08. The van der Waals surface area contributed by atoms with Gasteiger partial charge in [-0.3, -0.25) is 9.59 Å². The van der Waals surface area contributed by atoms with Crippen LogP contribution in [0.4, 0.5) is 10.1 Å². The van der Waals surface area contributed by atoms with Gasteiger partial charge in [0.15, 0.2) is 11.5 Å². The summed E-state index contributed by atoms with van der Waals surface area (Å²) in [4.78, 5) is 23.5. The average Bonchev–Trinajstić information content (AvgIpc) is 2.63. The molecule has 0 fully saturated rings. The van der Waals surface area contributed by atoms with Gasteiger partial charge in [0.2, 0.25) is 11.8 Å². The maximum atomic E-state index is 13.5. The van der Waals surface area contributed by atoms with E-state index in [-0.39, 0.29) is 5.69 Å². The summed E-state index contributed by atoms with van der Waals surface area (Å²) in [5.41, 5.74) is 2.83. The lowest BCUT2D eigenvalue weighted by molar-refractivity contribution is -0.126. The van der Waals surface area contributed by atoms with Gasteiger partial charge in [0, 0.05) is 5.56 Å². The monoisotopic (exact) mass is 359 g/mol. The number of methoxy groups -OCH3 is 2. The molecule has 0 aliphatic carbocycles. The molecule has 2 aromatic carbocycles. The fourth-order valence-corrected chi connectivity index (χ4v) is 2.13. The molecule has 0 saturated carbocycles. The number of hydrogen-bond donors (Lipinski definition) is 2. The minimum atomic E-state index is -0.651. The molecule has 2 amide bonds. The third kappa shape index (κ3) is 5.04. The molecule has 136 valence electrons. The molecule has 2 N–H and O–H groups in total. The van der Waals surface area contributed by atoms with Crippen LogP contribution in [0.5, 0.6) is 11.5 Å². The van der Waals surface area contributed by atoms with Crippen LogP contribution in [0.25, 0.3) is 0 Å². The molecule has 2 aromatic rings. The highest BCUT2D eigenvalue weighted by Crippen LogP contribution is 2.29. The van der Waals surface area contributed by atoms with Crippen molar-refractivity contribution in [3.63, 3.8) is 0 Å². The maximum Gasteiger partial charge on any atom is 0.249 e. The summed E-state index contributed by atoms with van der Waals surface area (Å²) < 4.78 is 23.9. The molecule has 0 atom stereocenters. The first-order valence-electron chi connectivity index (χ1n) is 7.62. The van der Waals surface area contributed by atoms with Crippen LogP contribution >= 0.6 is 0 Å². The number of hydrogen-bond acceptors (Lipinski definition) is 5. The first-order chi connectivity index (χ1) is 12.5. The van der Waals surface area contributed by atoms with Crippen molar-refractivity contribution < 1.29 is 23.5 Å². The third-order valence-electron chi connectivity index (χ3n) is 3.30. The Labute approximate surface area is 149 Å². The first-order valence-corrected chi connectivity index (χ1v) is 7.62.